The first-order valence-electron chi connectivity index (χ1n) is 10.4. The van der Waals surface area contributed by atoms with Gasteiger partial charge in [-0.1, -0.05) is 80.8 Å². The van der Waals surface area contributed by atoms with Crippen LogP contribution < -0.4 is 0 Å². The lowest BCUT2D eigenvalue weighted by molar-refractivity contribution is 0.386. The van der Waals surface area contributed by atoms with Crippen LogP contribution in [0.4, 0.5) is 0 Å². The van der Waals surface area contributed by atoms with Crippen LogP contribution in [0.25, 0.3) is 21.5 Å². The molecule has 0 N–H and O–H groups in total. The minimum absolute atomic E-state index is 0.708. The number of unbranched alkanes of at least 4 members (excludes halogenated alkanes) is 2. The average molecular weight is 343 g/mol. The van der Waals surface area contributed by atoms with Gasteiger partial charge in [0.2, 0.25) is 0 Å². The maximum Gasteiger partial charge on any atom is -0.0102 e. The maximum absolute atomic E-state index is 4.00. The second-order valence-electron chi connectivity index (χ2n) is 8.04. The molecule has 3 aromatic carbocycles. The van der Waals surface area contributed by atoms with Crippen molar-refractivity contribution < 1.29 is 0 Å². The molecule has 4 rings (SSSR count). The van der Waals surface area contributed by atoms with Crippen LogP contribution in [-0.2, 0) is 6.42 Å². The van der Waals surface area contributed by atoms with E-state index in [1.807, 2.05) is 0 Å². The fourth-order valence-electron chi connectivity index (χ4n) is 5.05. The van der Waals surface area contributed by atoms with E-state index in [1.54, 1.807) is 11.1 Å². The number of fused-ring (bicyclic) bond motifs is 5. The van der Waals surface area contributed by atoms with Gasteiger partial charge in [0.25, 0.3) is 0 Å². The summed E-state index contributed by atoms with van der Waals surface area (Å²) in [4.78, 5) is 0. The number of rotatable bonds is 6. The molecule has 0 amide bonds. The molecule has 0 fully saturated rings. The summed E-state index contributed by atoms with van der Waals surface area (Å²) in [5.41, 5.74) is 3.25. The van der Waals surface area contributed by atoms with E-state index in [1.165, 1.54) is 60.1 Å². The van der Waals surface area contributed by atoms with Crippen LogP contribution in [0.15, 0.2) is 61.2 Å². The zero-order valence-electron chi connectivity index (χ0n) is 16.0. The Bertz CT molecular complexity index is 918. The van der Waals surface area contributed by atoms with Crippen molar-refractivity contribution in [3.8, 4) is 0 Å². The number of hydrogen-bond acceptors (Lipinski definition) is 0. The second kappa shape index (κ2) is 7.66. The highest BCUT2D eigenvalue weighted by molar-refractivity contribution is 6.08. The number of allylic oxidation sites excluding steroid dienone is 1. The molecule has 0 radical (unpaired) electrons. The van der Waals surface area contributed by atoms with Gasteiger partial charge in [-0.3, -0.25) is 0 Å². The molecule has 0 spiro atoms. The molecule has 0 aromatic heterocycles. The van der Waals surface area contributed by atoms with E-state index in [0.717, 1.165) is 12.3 Å². The van der Waals surface area contributed by atoms with Gasteiger partial charge < -0.3 is 0 Å². The van der Waals surface area contributed by atoms with E-state index in [2.05, 4.69) is 68.1 Å². The summed E-state index contributed by atoms with van der Waals surface area (Å²) >= 11 is 0. The van der Waals surface area contributed by atoms with E-state index in [9.17, 15) is 0 Å². The Labute approximate surface area is 157 Å². The Balaban J connectivity index is 1.84. The molecule has 0 heteroatoms. The zero-order chi connectivity index (χ0) is 17.9. The van der Waals surface area contributed by atoms with Gasteiger partial charge in [-0.05, 0) is 70.2 Å². The van der Waals surface area contributed by atoms with Crippen LogP contribution in [0.3, 0.4) is 0 Å². The molecule has 134 valence electrons. The molecule has 1 aliphatic carbocycles. The standard InChI is InChI=1S/C26H30/c1-3-5-6-11-21-17-19(9-4-2)18-22-14-15-24-23-12-8-7-10-20(23)13-16-25(24)26(21)22/h4,7-8,10,12-16,19,21H,2-3,5-6,9,11,17-18H2,1H3. The van der Waals surface area contributed by atoms with Crippen LogP contribution >= 0.6 is 0 Å². The summed E-state index contributed by atoms with van der Waals surface area (Å²) in [7, 11) is 0. The normalized spacial score (nSPS) is 19.6. The molecule has 0 saturated heterocycles. The Morgan fingerprint density at radius 2 is 1.81 bits per heavy atom. The van der Waals surface area contributed by atoms with Crippen molar-refractivity contribution in [2.45, 2.75) is 57.8 Å². The first-order valence-corrected chi connectivity index (χ1v) is 10.4. The minimum atomic E-state index is 0.708. The summed E-state index contributed by atoms with van der Waals surface area (Å²) in [5.74, 6) is 1.48. The molecule has 0 saturated carbocycles. The predicted octanol–water partition coefficient (Wildman–Crippen LogP) is 7.80. The summed E-state index contributed by atoms with van der Waals surface area (Å²) < 4.78 is 0. The largest absolute Gasteiger partial charge is 0.103 e. The molecule has 3 aromatic rings. The van der Waals surface area contributed by atoms with Gasteiger partial charge in [-0.15, -0.1) is 6.58 Å². The highest BCUT2D eigenvalue weighted by atomic mass is 14.3. The van der Waals surface area contributed by atoms with E-state index in [-0.39, 0.29) is 0 Å². The number of hydrogen-bond donors (Lipinski definition) is 0. The van der Waals surface area contributed by atoms with Crippen molar-refractivity contribution in [2.75, 3.05) is 0 Å². The average Bonchev–Trinajstić information content (AvgIpc) is 2.67. The molecular formula is C26H30. The van der Waals surface area contributed by atoms with Crippen LogP contribution in [0.1, 0.15) is 62.5 Å². The quantitative estimate of drug-likeness (QED) is 0.243. The molecule has 1 aliphatic rings. The first-order chi connectivity index (χ1) is 12.8. The van der Waals surface area contributed by atoms with E-state index in [4.69, 9.17) is 0 Å². The smallest absolute Gasteiger partial charge is 0.0102 e. The Morgan fingerprint density at radius 3 is 2.65 bits per heavy atom. The summed E-state index contributed by atoms with van der Waals surface area (Å²) in [5, 5.41) is 5.68. The summed E-state index contributed by atoms with van der Waals surface area (Å²) in [6.07, 6.45) is 11.2. The minimum Gasteiger partial charge on any atom is -0.103 e. The van der Waals surface area contributed by atoms with Gasteiger partial charge in [0, 0.05) is 0 Å². The highest BCUT2D eigenvalue weighted by Crippen LogP contribution is 2.44. The summed E-state index contributed by atoms with van der Waals surface area (Å²) in [6.45, 7) is 6.30. The monoisotopic (exact) mass is 342 g/mol. The SMILES string of the molecule is C=CCC1Cc2ccc3c(ccc4ccccc43)c2C(CCCCC)C1. The van der Waals surface area contributed by atoms with Crippen molar-refractivity contribution in [1.29, 1.82) is 0 Å². The Hall–Kier alpha value is -2.08. The molecule has 2 atom stereocenters. The lowest BCUT2D eigenvalue weighted by Gasteiger charge is -2.33. The molecule has 0 aliphatic heterocycles. The second-order valence-corrected chi connectivity index (χ2v) is 8.04. The van der Waals surface area contributed by atoms with Crippen molar-refractivity contribution in [3.63, 3.8) is 0 Å². The van der Waals surface area contributed by atoms with Crippen molar-refractivity contribution >= 4 is 21.5 Å². The lowest BCUT2D eigenvalue weighted by atomic mass is 9.72. The maximum atomic E-state index is 4.00. The first kappa shape index (κ1) is 17.3. The van der Waals surface area contributed by atoms with Gasteiger partial charge >= 0.3 is 0 Å². The highest BCUT2D eigenvalue weighted by Gasteiger charge is 2.27. The van der Waals surface area contributed by atoms with Gasteiger partial charge in [-0.2, -0.15) is 0 Å². The van der Waals surface area contributed by atoms with Crippen molar-refractivity contribution in [2.24, 2.45) is 5.92 Å². The van der Waals surface area contributed by atoms with Crippen molar-refractivity contribution in [3.05, 3.63) is 72.3 Å². The van der Waals surface area contributed by atoms with E-state index >= 15 is 0 Å². The molecular weight excluding hydrogens is 312 g/mol. The fraction of sp³-hybridized carbons (Fsp3) is 0.385. The molecule has 26 heavy (non-hydrogen) atoms. The van der Waals surface area contributed by atoms with Crippen LogP contribution in [0, 0.1) is 5.92 Å². The number of benzene rings is 3. The molecule has 0 heterocycles. The fourth-order valence-corrected chi connectivity index (χ4v) is 5.05. The van der Waals surface area contributed by atoms with Crippen molar-refractivity contribution in [1.82, 2.24) is 0 Å². The zero-order valence-corrected chi connectivity index (χ0v) is 16.0. The molecule has 0 bridgehead atoms. The Morgan fingerprint density at radius 1 is 0.962 bits per heavy atom. The van der Waals surface area contributed by atoms with Gasteiger partial charge in [0.15, 0.2) is 0 Å². The van der Waals surface area contributed by atoms with Crippen LogP contribution in [-0.4, -0.2) is 0 Å². The molecule has 2 unspecified atom stereocenters. The van der Waals surface area contributed by atoms with E-state index in [0.29, 0.717) is 5.92 Å². The Kier molecular flexibility index (Phi) is 5.11. The predicted molar refractivity (Wildman–Crippen MR) is 115 cm³/mol. The van der Waals surface area contributed by atoms with Crippen LogP contribution in [0.2, 0.25) is 0 Å². The van der Waals surface area contributed by atoms with Crippen LogP contribution in [0.5, 0.6) is 0 Å². The summed E-state index contributed by atoms with van der Waals surface area (Å²) in [6, 6.07) is 18.3. The topological polar surface area (TPSA) is 0 Å². The molecule has 0 nitrogen and oxygen atoms in total. The third-order valence-corrected chi connectivity index (χ3v) is 6.25. The van der Waals surface area contributed by atoms with Gasteiger partial charge in [-0.25, -0.2) is 0 Å². The lowest BCUT2D eigenvalue weighted by Crippen LogP contribution is -2.19. The van der Waals surface area contributed by atoms with Gasteiger partial charge in [0.05, 0.1) is 0 Å². The third-order valence-electron chi connectivity index (χ3n) is 6.25. The third kappa shape index (κ3) is 3.18. The van der Waals surface area contributed by atoms with E-state index < -0.39 is 0 Å². The van der Waals surface area contributed by atoms with Gasteiger partial charge in [0.1, 0.15) is 0 Å².